The number of carbonyl (C=O) groups is 1. The van der Waals surface area contributed by atoms with Crippen molar-refractivity contribution in [2.45, 2.75) is 20.0 Å². The van der Waals surface area contributed by atoms with Gasteiger partial charge in [-0.25, -0.2) is 8.42 Å². The minimum atomic E-state index is -3.30. The quantitative estimate of drug-likeness (QED) is 0.601. The summed E-state index contributed by atoms with van der Waals surface area (Å²) in [6.07, 6.45) is 0.600. The maximum absolute atomic E-state index is 12.7. The molecule has 1 amide bonds. The SMILES string of the molecule is CCS(=O)(=O)N1CCc2cc(C(=O)Nc3ccc(OCc4ccccc4)cc3)ccc21. The molecule has 7 heteroatoms. The molecule has 0 saturated carbocycles. The van der Waals surface area contributed by atoms with Gasteiger partial charge in [0, 0.05) is 17.8 Å². The molecule has 0 atom stereocenters. The second kappa shape index (κ2) is 8.81. The average Bonchev–Trinajstić information content (AvgIpc) is 3.23. The molecular weight excluding hydrogens is 412 g/mol. The lowest BCUT2D eigenvalue weighted by Gasteiger charge is -2.18. The standard InChI is InChI=1S/C24H24N2O4S/c1-2-31(28,29)26-15-14-19-16-20(8-13-23(19)26)24(27)25-21-9-11-22(12-10-21)30-17-18-6-4-3-5-7-18/h3-13,16H,2,14-15,17H2,1H3,(H,25,27). The van der Waals surface area contributed by atoms with Crippen LogP contribution in [0.4, 0.5) is 11.4 Å². The van der Waals surface area contributed by atoms with Gasteiger partial charge in [0.15, 0.2) is 0 Å². The van der Waals surface area contributed by atoms with Crippen LogP contribution in [-0.2, 0) is 23.1 Å². The van der Waals surface area contributed by atoms with Gasteiger partial charge in [-0.3, -0.25) is 9.10 Å². The highest BCUT2D eigenvalue weighted by Gasteiger charge is 2.28. The zero-order valence-corrected chi connectivity index (χ0v) is 18.1. The minimum Gasteiger partial charge on any atom is -0.489 e. The molecule has 160 valence electrons. The third-order valence-corrected chi connectivity index (χ3v) is 7.04. The van der Waals surface area contributed by atoms with E-state index in [1.165, 1.54) is 4.31 Å². The van der Waals surface area contributed by atoms with Crippen LogP contribution in [0.2, 0.25) is 0 Å². The summed E-state index contributed by atoms with van der Waals surface area (Å²) in [7, 11) is -3.30. The number of ether oxygens (including phenoxy) is 1. The second-order valence-electron chi connectivity index (χ2n) is 7.32. The molecule has 6 nitrogen and oxygen atoms in total. The van der Waals surface area contributed by atoms with E-state index < -0.39 is 10.0 Å². The molecule has 4 rings (SSSR count). The monoisotopic (exact) mass is 436 g/mol. The fraction of sp³-hybridized carbons (Fsp3) is 0.208. The van der Waals surface area contributed by atoms with Gasteiger partial charge in [-0.1, -0.05) is 30.3 Å². The van der Waals surface area contributed by atoms with Crippen molar-refractivity contribution in [1.29, 1.82) is 0 Å². The summed E-state index contributed by atoms with van der Waals surface area (Å²) in [6.45, 7) is 2.53. The van der Waals surface area contributed by atoms with E-state index in [1.807, 2.05) is 42.5 Å². The van der Waals surface area contributed by atoms with E-state index in [4.69, 9.17) is 4.74 Å². The van der Waals surface area contributed by atoms with Crippen LogP contribution in [0.15, 0.2) is 72.8 Å². The maximum atomic E-state index is 12.7. The number of rotatable bonds is 7. The average molecular weight is 437 g/mol. The zero-order valence-electron chi connectivity index (χ0n) is 17.2. The lowest BCUT2D eigenvalue weighted by atomic mass is 10.1. The van der Waals surface area contributed by atoms with E-state index in [2.05, 4.69) is 5.32 Å². The number of anilines is 2. The molecule has 1 heterocycles. The molecule has 1 aliphatic heterocycles. The summed E-state index contributed by atoms with van der Waals surface area (Å²) in [5.41, 5.74) is 3.78. The van der Waals surface area contributed by atoms with Crippen molar-refractivity contribution in [2.75, 3.05) is 21.9 Å². The van der Waals surface area contributed by atoms with Crippen molar-refractivity contribution < 1.29 is 17.9 Å². The van der Waals surface area contributed by atoms with Crippen molar-refractivity contribution in [1.82, 2.24) is 0 Å². The smallest absolute Gasteiger partial charge is 0.255 e. The molecule has 0 fully saturated rings. The van der Waals surface area contributed by atoms with Crippen LogP contribution >= 0.6 is 0 Å². The minimum absolute atomic E-state index is 0.0553. The summed E-state index contributed by atoms with van der Waals surface area (Å²) in [4.78, 5) is 12.7. The number of benzene rings is 3. The third kappa shape index (κ3) is 4.72. The molecule has 0 radical (unpaired) electrons. The van der Waals surface area contributed by atoms with Crippen molar-refractivity contribution in [3.05, 3.63) is 89.5 Å². The molecule has 3 aromatic rings. The van der Waals surface area contributed by atoms with Crippen molar-refractivity contribution in [2.24, 2.45) is 0 Å². The Morgan fingerprint density at radius 3 is 2.48 bits per heavy atom. The first-order valence-corrected chi connectivity index (χ1v) is 11.8. The van der Waals surface area contributed by atoms with Crippen molar-refractivity contribution >= 4 is 27.3 Å². The second-order valence-corrected chi connectivity index (χ2v) is 9.50. The van der Waals surface area contributed by atoms with Crippen LogP contribution in [0.25, 0.3) is 0 Å². The number of hydrogen-bond donors (Lipinski definition) is 1. The van der Waals surface area contributed by atoms with Gasteiger partial charge in [0.2, 0.25) is 10.0 Å². The van der Waals surface area contributed by atoms with Crippen LogP contribution in [0.5, 0.6) is 5.75 Å². The van der Waals surface area contributed by atoms with Crippen LogP contribution in [0.3, 0.4) is 0 Å². The predicted octanol–water partition coefficient (Wildman–Crippen LogP) is 4.23. The normalized spacial score (nSPS) is 13.0. The van der Waals surface area contributed by atoms with Crippen molar-refractivity contribution in [3.63, 3.8) is 0 Å². The van der Waals surface area contributed by atoms with Gasteiger partial charge < -0.3 is 10.1 Å². The highest BCUT2D eigenvalue weighted by molar-refractivity contribution is 7.92. The van der Waals surface area contributed by atoms with Gasteiger partial charge in [0.25, 0.3) is 5.91 Å². The Hall–Kier alpha value is -3.32. The first-order valence-electron chi connectivity index (χ1n) is 10.2. The molecule has 31 heavy (non-hydrogen) atoms. The third-order valence-electron chi connectivity index (χ3n) is 5.26. The van der Waals surface area contributed by atoms with Gasteiger partial charge in [-0.2, -0.15) is 0 Å². The van der Waals surface area contributed by atoms with E-state index >= 15 is 0 Å². The lowest BCUT2D eigenvalue weighted by Crippen LogP contribution is -2.30. The molecule has 1 N–H and O–H groups in total. The summed E-state index contributed by atoms with van der Waals surface area (Å²) < 4.78 is 31.6. The summed E-state index contributed by atoms with van der Waals surface area (Å²) >= 11 is 0. The van der Waals surface area contributed by atoms with Crippen molar-refractivity contribution in [3.8, 4) is 5.75 Å². The molecule has 0 unspecified atom stereocenters. The van der Waals surface area contributed by atoms with Crippen LogP contribution in [0, 0.1) is 0 Å². The Bertz CT molecular complexity index is 1180. The molecule has 3 aromatic carbocycles. The number of fused-ring (bicyclic) bond motifs is 1. The van der Waals surface area contributed by atoms with Crippen LogP contribution in [0.1, 0.15) is 28.4 Å². The van der Waals surface area contributed by atoms with Gasteiger partial charge in [-0.15, -0.1) is 0 Å². The Morgan fingerprint density at radius 2 is 1.77 bits per heavy atom. The molecule has 0 saturated heterocycles. The molecule has 0 aromatic heterocycles. The number of hydrogen-bond acceptors (Lipinski definition) is 4. The van der Waals surface area contributed by atoms with Gasteiger partial charge in [0.1, 0.15) is 12.4 Å². The largest absolute Gasteiger partial charge is 0.489 e. The first kappa shape index (κ1) is 20.9. The van der Waals surface area contributed by atoms with E-state index in [0.717, 1.165) is 16.9 Å². The maximum Gasteiger partial charge on any atom is 0.255 e. The van der Waals surface area contributed by atoms with Crippen LogP contribution < -0.4 is 14.4 Å². The van der Waals surface area contributed by atoms with Gasteiger partial charge >= 0.3 is 0 Å². The Morgan fingerprint density at radius 1 is 1.03 bits per heavy atom. The molecule has 1 aliphatic rings. The fourth-order valence-corrected chi connectivity index (χ4v) is 4.70. The number of nitrogens with one attached hydrogen (secondary N) is 1. The number of carbonyl (C=O) groups excluding carboxylic acids is 1. The number of sulfonamides is 1. The van der Waals surface area contributed by atoms with Crippen LogP contribution in [-0.4, -0.2) is 26.6 Å². The summed E-state index contributed by atoms with van der Waals surface area (Å²) in [5.74, 6) is 0.536. The fourth-order valence-electron chi connectivity index (χ4n) is 3.54. The Labute approximate surface area is 182 Å². The zero-order chi connectivity index (χ0) is 21.8. The summed E-state index contributed by atoms with van der Waals surface area (Å²) in [6, 6.07) is 22.3. The highest BCUT2D eigenvalue weighted by Crippen LogP contribution is 2.31. The number of amides is 1. The lowest BCUT2D eigenvalue weighted by molar-refractivity contribution is 0.102. The molecule has 0 spiro atoms. The molecule has 0 aliphatic carbocycles. The highest BCUT2D eigenvalue weighted by atomic mass is 32.2. The summed E-state index contributed by atoms with van der Waals surface area (Å²) in [5, 5.41) is 2.88. The molecule has 0 bridgehead atoms. The predicted molar refractivity (Wildman–Crippen MR) is 122 cm³/mol. The van der Waals surface area contributed by atoms with E-state index in [1.54, 1.807) is 37.3 Å². The van der Waals surface area contributed by atoms with E-state index in [9.17, 15) is 13.2 Å². The topological polar surface area (TPSA) is 75.7 Å². The van der Waals surface area contributed by atoms with Gasteiger partial charge in [-0.05, 0) is 66.9 Å². The van der Waals surface area contributed by atoms with Gasteiger partial charge in [0.05, 0.1) is 11.4 Å². The first-order chi connectivity index (χ1) is 15.0. The molecular formula is C24H24N2O4S. The number of nitrogens with zero attached hydrogens (tertiary/aromatic N) is 1. The Kier molecular flexibility index (Phi) is 5.95. The van der Waals surface area contributed by atoms with E-state index in [-0.39, 0.29) is 11.7 Å². The van der Waals surface area contributed by atoms with E-state index in [0.29, 0.717) is 36.5 Å². The Balaban J connectivity index is 1.40.